The maximum Gasteiger partial charge on any atom is 0.323 e. The highest BCUT2D eigenvalue weighted by Crippen LogP contribution is 2.18. The molecule has 0 radical (unpaired) electrons. The van der Waals surface area contributed by atoms with E-state index in [4.69, 9.17) is 4.52 Å². The maximum atomic E-state index is 13.1. The number of amides is 2. The van der Waals surface area contributed by atoms with Crippen molar-refractivity contribution >= 4 is 27.6 Å². The van der Waals surface area contributed by atoms with E-state index in [1.165, 1.54) is 18.2 Å². The molecule has 2 atom stereocenters. The fourth-order valence-electron chi connectivity index (χ4n) is 4.11. The quantitative estimate of drug-likeness (QED) is 0.376. The Hall–Kier alpha value is -3.32. The Balaban J connectivity index is 1.72. The molecular weight excluding hydrogens is 490 g/mol. The van der Waals surface area contributed by atoms with Gasteiger partial charge < -0.3 is 20.4 Å². The van der Waals surface area contributed by atoms with Gasteiger partial charge in [-0.15, -0.1) is 0 Å². The average Bonchev–Trinajstić information content (AvgIpc) is 3.02. The fourth-order valence-corrected chi connectivity index (χ4v) is 5.58. The molecule has 1 aliphatic rings. The van der Waals surface area contributed by atoms with Crippen LogP contribution in [0.4, 0.5) is 0 Å². The minimum absolute atomic E-state index is 0.0214. The van der Waals surface area contributed by atoms with E-state index in [1.807, 2.05) is 13.8 Å². The van der Waals surface area contributed by atoms with Crippen LogP contribution in [0.25, 0.3) is 0 Å². The highest BCUT2D eigenvalue weighted by molar-refractivity contribution is 7.89. The number of nitrogens with zero attached hydrogens (tertiary/aromatic N) is 3. The van der Waals surface area contributed by atoms with E-state index in [-0.39, 0.29) is 29.2 Å². The van der Waals surface area contributed by atoms with E-state index in [1.54, 1.807) is 13.8 Å². The molecule has 1 unspecified atom stereocenters. The standard InChI is InChI=1S/C23H31N5O7S/c1-14(2)12-18(25-23(31)21-15(3)26-35-16(21)4)22(30)24-17-8-7-10-27(13-19(17)29)36(33,34)20-9-5-6-11-28(20)32/h5-6,9,11,14,17-18H,7-8,10,12-13H2,1-4H3,(H,24,30)(H,25,31)/t17-,18?/m0/s1. The number of aryl methyl sites for hydroxylation is 2. The van der Waals surface area contributed by atoms with Crippen LogP contribution in [0, 0.1) is 25.0 Å². The SMILES string of the molecule is Cc1noc(C)c1C(=O)NC(CC(C)C)C(=O)N[C@H]1CCCN(S(=O)(=O)c2cccc[n+]2[O-])CC1=O. The summed E-state index contributed by atoms with van der Waals surface area (Å²) in [6.07, 6.45) is 1.90. The number of hydrogen-bond acceptors (Lipinski definition) is 8. The number of carbonyl (C=O) groups excluding carboxylic acids is 3. The van der Waals surface area contributed by atoms with Gasteiger partial charge in [-0.05, 0) is 45.1 Å². The Bertz CT molecular complexity index is 1220. The van der Waals surface area contributed by atoms with Gasteiger partial charge in [-0.25, -0.2) is 8.42 Å². The Morgan fingerprint density at radius 1 is 1.31 bits per heavy atom. The van der Waals surface area contributed by atoms with E-state index in [9.17, 15) is 28.0 Å². The average molecular weight is 522 g/mol. The molecule has 0 aliphatic carbocycles. The molecule has 1 saturated heterocycles. The third-order valence-corrected chi connectivity index (χ3v) is 7.76. The van der Waals surface area contributed by atoms with Crippen LogP contribution in [0.2, 0.25) is 0 Å². The first-order valence-corrected chi connectivity index (χ1v) is 13.1. The van der Waals surface area contributed by atoms with Crippen LogP contribution in [-0.2, 0) is 19.6 Å². The zero-order valence-electron chi connectivity index (χ0n) is 20.7. The number of aromatic nitrogens is 2. The van der Waals surface area contributed by atoms with Gasteiger partial charge in [0.15, 0.2) is 12.0 Å². The minimum atomic E-state index is -4.20. The molecule has 13 heteroatoms. The Morgan fingerprint density at radius 2 is 2.03 bits per heavy atom. The van der Waals surface area contributed by atoms with E-state index in [0.717, 1.165) is 10.5 Å². The summed E-state index contributed by atoms with van der Waals surface area (Å²) in [5.74, 6) is -1.17. The molecule has 36 heavy (non-hydrogen) atoms. The van der Waals surface area contributed by atoms with Crippen LogP contribution in [0.1, 0.15) is 54.9 Å². The molecule has 0 aromatic carbocycles. The van der Waals surface area contributed by atoms with Crippen LogP contribution in [-0.4, -0.2) is 60.7 Å². The molecule has 1 fully saturated rings. The number of hydrogen-bond donors (Lipinski definition) is 2. The normalized spacial score (nSPS) is 18.0. The predicted octanol–water partition coefficient (Wildman–Crippen LogP) is 0.608. The second-order valence-corrected chi connectivity index (χ2v) is 11.1. The lowest BCUT2D eigenvalue weighted by Crippen LogP contribution is -2.53. The van der Waals surface area contributed by atoms with E-state index in [0.29, 0.717) is 24.3 Å². The van der Waals surface area contributed by atoms with Gasteiger partial charge in [0, 0.05) is 18.7 Å². The van der Waals surface area contributed by atoms with Crippen molar-refractivity contribution in [1.29, 1.82) is 0 Å². The first kappa shape index (κ1) is 27.3. The molecule has 3 heterocycles. The molecule has 1 aliphatic heterocycles. The summed E-state index contributed by atoms with van der Waals surface area (Å²) in [5, 5.41) is 20.7. The van der Waals surface area contributed by atoms with E-state index in [2.05, 4.69) is 15.8 Å². The van der Waals surface area contributed by atoms with Crippen molar-refractivity contribution in [2.24, 2.45) is 5.92 Å². The largest absolute Gasteiger partial charge is 0.618 e. The molecule has 12 nitrogen and oxygen atoms in total. The van der Waals surface area contributed by atoms with Crippen molar-refractivity contribution in [3.63, 3.8) is 0 Å². The Morgan fingerprint density at radius 3 is 2.64 bits per heavy atom. The number of sulfonamides is 1. The van der Waals surface area contributed by atoms with Crippen LogP contribution in [0.3, 0.4) is 0 Å². The molecule has 0 spiro atoms. The van der Waals surface area contributed by atoms with Gasteiger partial charge in [0.05, 0.1) is 18.3 Å². The number of rotatable bonds is 8. The van der Waals surface area contributed by atoms with Gasteiger partial charge in [0.1, 0.15) is 17.4 Å². The van der Waals surface area contributed by atoms with Crippen molar-refractivity contribution in [2.75, 3.05) is 13.1 Å². The first-order valence-electron chi connectivity index (χ1n) is 11.7. The van der Waals surface area contributed by atoms with Crippen LogP contribution in [0.15, 0.2) is 33.9 Å². The number of pyridine rings is 1. The zero-order valence-corrected chi connectivity index (χ0v) is 21.5. The first-order chi connectivity index (χ1) is 16.9. The fraction of sp³-hybridized carbons (Fsp3) is 0.522. The van der Waals surface area contributed by atoms with Gasteiger partial charge in [0.2, 0.25) is 5.91 Å². The summed E-state index contributed by atoms with van der Waals surface area (Å²) in [6, 6.07) is 2.15. The topological polar surface area (TPSA) is 166 Å². The van der Waals surface area contributed by atoms with Crippen molar-refractivity contribution < 1.29 is 32.1 Å². The maximum absolute atomic E-state index is 13.1. The highest BCUT2D eigenvalue weighted by atomic mass is 32.2. The van der Waals surface area contributed by atoms with Crippen molar-refractivity contribution in [3.05, 3.63) is 46.6 Å². The molecule has 2 aromatic heterocycles. The summed E-state index contributed by atoms with van der Waals surface area (Å²) >= 11 is 0. The Kier molecular flexibility index (Phi) is 8.46. The third kappa shape index (κ3) is 6.08. The van der Waals surface area contributed by atoms with Gasteiger partial charge >= 0.3 is 15.0 Å². The summed E-state index contributed by atoms with van der Waals surface area (Å²) < 4.78 is 32.1. The van der Waals surface area contributed by atoms with Gasteiger partial charge in [-0.1, -0.05) is 19.0 Å². The van der Waals surface area contributed by atoms with Gasteiger partial charge in [-0.3, -0.25) is 14.4 Å². The summed E-state index contributed by atoms with van der Waals surface area (Å²) in [4.78, 5) is 38.9. The van der Waals surface area contributed by atoms with Crippen molar-refractivity contribution in [2.45, 2.75) is 64.1 Å². The van der Waals surface area contributed by atoms with E-state index < -0.39 is 51.3 Å². The van der Waals surface area contributed by atoms with Crippen molar-refractivity contribution in [1.82, 2.24) is 20.1 Å². The lowest BCUT2D eigenvalue weighted by molar-refractivity contribution is -0.646. The summed E-state index contributed by atoms with van der Waals surface area (Å²) in [5.41, 5.74) is 0.645. The molecule has 0 saturated carbocycles. The number of carbonyl (C=O) groups is 3. The molecule has 2 aromatic rings. The summed E-state index contributed by atoms with van der Waals surface area (Å²) in [6.45, 7) is 6.55. The lowest BCUT2D eigenvalue weighted by Gasteiger charge is -2.23. The molecule has 2 N–H and O–H groups in total. The zero-order chi connectivity index (χ0) is 26.6. The van der Waals surface area contributed by atoms with Crippen molar-refractivity contribution in [3.8, 4) is 0 Å². The van der Waals surface area contributed by atoms with Crippen LogP contribution >= 0.6 is 0 Å². The van der Waals surface area contributed by atoms with E-state index >= 15 is 0 Å². The molecule has 0 bridgehead atoms. The lowest BCUT2D eigenvalue weighted by atomic mass is 10.0. The monoisotopic (exact) mass is 521 g/mol. The number of Topliss-reactive ketones (excluding diaryl/α,β-unsaturated/α-hetero) is 1. The minimum Gasteiger partial charge on any atom is -0.618 e. The molecule has 2 amide bonds. The second-order valence-electron chi connectivity index (χ2n) is 9.23. The Labute approximate surface area is 209 Å². The van der Waals surface area contributed by atoms with Gasteiger partial charge in [0.25, 0.3) is 5.91 Å². The molecule has 3 rings (SSSR count). The third-order valence-electron chi connectivity index (χ3n) is 5.92. The molecule has 196 valence electrons. The summed E-state index contributed by atoms with van der Waals surface area (Å²) in [7, 11) is -4.20. The smallest absolute Gasteiger partial charge is 0.323 e. The van der Waals surface area contributed by atoms with Crippen LogP contribution in [0.5, 0.6) is 0 Å². The molecular formula is C23H31N5O7S. The highest BCUT2D eigenvalue weighted by Gasteiger charge is 2.37. The number of ketones is 1. The number of nitrogens with one attached hydrogen (secondary N) is 2. The second kappa shape index (κ2) is 11.2. The van der Waals surface area contributed by atoms with Gasteiger partial charge in [-0.2, -0.15) is 9.04 Å². The predicted molar refractivity (Wildman–Crippen MR) is 127 cm³/mol. The van der Waals surface area contributed by atoms with Crippen LogP contribution < -0.4 is 15.4 Å².